The van der Waals surface area contributed by atoms with Gasteiger partial charge in [-0.2, -0.15) is 13.2 Å². The van der Waals surface area contributed by atoms with Crippen LogP contribution in [-0.4, -0.2) is 6.18 Å². The van der Waals surface area contributed by atoms with Crippen LogP contribution in [0.15, 0.2) is 48.5 Å². The molecule has 3 aromatic carbocycles. The van der Waals surface area contributed by atoms with E-state index in [1.807, 2.05) is 31.2 Å². The van der Waals surface area contributed by atoms with Crippen molar-refractivity contribution in [3.05, 3.63) is 82.4 Å². The number of halogens is 5. The van der Waals surface area contributed by atoms with E-state index in [1.165, 1.54) is 24.1 Å². The molecule has 0 atom stereocenters. The summed E-state index contributed by atoms with van der Waals surface area (Å²) in [5.41, 5.74) is 1.51. The smallest absolute Gasteiger partial charge is 0.205 e. The number of hydrogen-bond donors (Lipinski definition) is 0. The largest absolute Gasteiger partial charge is 0.458 e. The molecular weight excluding hydrogens is 359 g/mol. The van der Waals surface area contributed by atoms with Crippen LogP contribution in [0.25, 0.3) is 10.8 Å². The summed E-state index contributed by atoms with van der Waals surface area (Å²) in [6.07, 6.45) is -4.83. The number of rotatable bonds is 0. The Labute approximate surface area is 152 Å². The van der Waals surface area contributed by atoms with Gasteiger partial charge in [-0.3, -0.25) is 0 Å². The highest BCUT2D eigenvalue weighted by atomic mass is 19.4. The molecule has 0 spiro atoms. The van der Waals surface area contributed by atoms with Gasteiger partial charge >= 0.3 is 6.18 Å². The van der Waals surface area contributed by atoms with Crippen LogP contribution in [0.2, 0.25) is 0 Å². The molecule has 3 aromatic rings. The van der Waals surface area contributed by atoms with Crippen molar-refractivity contribution in [2.75, 3.05) is 0 Å². The first-order chi connectivity index (χ1) is 12.7. The second-order valence-corrected chi connectivity index (χ2v) is 5.85. The maximum atomic E-state index is 14.4. The van der Waals surface area contributed by atoms with Gasteiger partial charge in [0.25, 0.3) is 0 Å². The van der Waals surface area contributed by atoms with Crippen molar-refractivity contribution < 1.29 is 22.0 Å². The molecular formula is C22H11F5. The fraction of sp³-hybridized carbons (Fsp3) is 0.0909. The van der Waals surface area contributed by atoms with Crippen LogP contribution in [0.1, 0.15) is 22.3 Å². The zero-order valence-corrected chi connectivity index (χ0v) is 14.0. The van der Waals surface area contributed by atoms with Gasteiger partial charge in [0.2, 0.25) is 0 Å². The van der Waals surface area contributed by atoms with Crippen LogP contribution in [0.4, 0.5) is 22.0 Å². The Morgan fingerprint density at radius 3 is 2.07 bits per heavy atom. The van der Waals surface area contributed by atoms with E-state index in [-0.39, 0.29) is 10.8 Å². The Morgan fingerprint density at radius 2 is 1.41 bits per heavy atom. The summed E-state index contributed by atoms with van der Waals surface area (Å²) in [6, 6.07) is 12.8. The molecule has 0 N–H and O–H groups in total. The van der Waals surface area contributed by atoms with Crippen molar-refractivity contribution in [3.8, 4) is 23.7 Å². The third-order valence-electron chi connectivity index (χ3n) is 3.76. The predicted octanol–water partition coefficient (Wildman–Crippen LogP) is 5.74. The Balaban J connectivity index is 2.02. The van der Waals surface area contributed by atoms with Crippen LogP contribution in [0.5, 0.6) is 0 Å². The van der Waals surface area contributed by atoms with Crippen LogP contribution >= 0.6 is 0 Å². The van der Waals surface area contributed by atoms with E-state index >= 15 is 0 Å². The summed E-state index contributed by atoms with van der Waals surface area (Å²) in [5, 5.41) is 0.169. The molecule has 5 heteroatoms. The Morgan fingerprint density at radius 1 is 0.778 bits per heavy atom. The summed E-state index contributed by atoms with van der Waals surface area (Å²) in [7, 11) is 0. The van der Waals surface area contributed by atoms with E-state index in [1.54, 1.807) is 0 Å². The molecule has 0 radical (unpaired) electrons. The third-order valence-corrected chi connectivity index (χ3v) is 3.76. The minimum absolute atomic E-state index is 0.0243. The zero-order valence-electron chi connectivity index (χ0n) is 14.0. The fourth-order valence-corrected chi connectivity index (χ4v) is 2.44. The SMILES string of the molecule is Cc1ccc(C#Cc2ccc3c(F)c(C#CC(F)(F)F)c(F)cc3c2)cc1. The zero-order chi connectivity index (χ0) is 19.6. The van der Waals surface area contributed by atoms with Gasteiger partial charge in [-0.05, 0) is 42.6 Å². The van der Waals surface area contributed by atoms with E-state index in [2.05, 4.69) is 11.8 Å². The van der Waals surface area contributed by atoms with Crippen molar-refractivity contribution in [1.82, 2.24) is 0 Å². The normalized spacial score (nSPS) is 10.7. The van der Waals surface area contributed by atoms with Crippen molar-refractivity contribution >= 4 is 10.8 Å². The highest BCUT2D eigenvalue weighted by Gasteiger charge is 2.23. The molecule has 0 saturated heterocycles. The predicted molar refractivity (Wildman–Crippen MR) is 94.0 cm³/mol. The van der Waals surface area contributed by atoms with Gasteiger partial charge in [0.05, 0.1) is 5.56 Å². The van der Waals surface area contributed by atoms with Crippen LogP contribution in [0, 0.1) is 42.2 Å². The number of aryl methyl sites for hydroxylation is 1. The Hall–Kier alpha value is -3.31. The lowest BCUT2D eigenvalue weighted by Crippen LogP contribution is -2.02. The van der Waals surface area contributed by atoms with Crippen LogP contribution in [0.3, 0.4) is 0 Å². The van der Waals surface area contributed by atoms with Gasteiger partial charge in [-0.25, -0.2) is 8.78 Å². The lowest BCUT2D eigenvalue weighted by atomic mass is 10.0. The molecule has 0 unspecified atom stereocenters. The number of benzene rings is 3. The van der Waals surface area contributed by atoms with Crippen LogP contribution in [-0.2, 0) is 0 Å². The first kappa shape index (κ1) is 18.5. The summed E-state index contributed by atoms with van der Waals surface area (Å²) in [5.74, 6) is 5.98. The highest BCUT2D eigenvalue weighted by Crippen LogP contribution is 2.25. The summed E-state index contributed by atoms with van der Waals surface area (Å²) >= 11 is 0. The maximum Gasteiger partial charge on any atom is 0.458 e. The minimum Gasteiger partial charge on any atom is -0.205 e. The number of alkyl halides is 3. The van der Waals surface area contributed by atoms with Gasteiger partial charge in [0, 0.05) is 22.4 Å². The second-order valence-electron chi connectivity index (χ2n) is 5.85. The molecule has 3 rings (SSSR count). The minimum atomic E-state index is -4.83. The van der Waals surface area contributed by atoms with Crippen LogP contribution < -0.4 is 0 Å². The second kappa shape index (κ2) is 7.13. The summed E-state index contributed by atoms with van der Waals surface area (Å²) in [6.45, 7) is 1.96. The van der Waals surface area contributed by atoms with E-state index < -0.39 is 23.4 Å². The van der Waals surface area contributed by atoms with E-state index in [9.17, 15) is 22.0 Å². The first-order valence-corrected chi connectivity index (χ1v) is 7.83. The Kier molecular flexibility index (Phi) is 4.88. The van der Waals surface area contributed by atoms with Gasteiger partial charge in [-0.1, -0.05) is 41.5 Å². The van der Waals surface area contributed by atoms with E-state index in [0.717, 1.165) is 23.1 Å². The Bertz CT molecular complexity index is 1130. The highest BCUT2D eigenvalue weighted by molar-refractivity contribution is 5.86. The molecule has 27 heavy (non-hydrogen) atoms. The van der Waals surface area contributed by atoms with E-state index in [4.69, 9.17) is 0 Å². The molecule has 0 aliphatic heterocycles. The van der Waals surface area contributed by atoms with Gasteiger partial charge in [0.1, 0.15) is 11.6 Å². The topological polar surface area (TPSA) is 0 Å². The van der Waals surface area contributed by atoms with E-state index in [0.29, 0.717) is 5.56 Å². The average molecular weight is 370 g/mol. The fourth-order valence-electron chi connectivity index (χ4n) is 2.44. The number of fused-ring (bicyclic) bond motifs is 1. The molecule has 0 bridgehead atoms. The van der Waals surface area contributed by atoms with Gasteiger partial charge < -0.3 is 0 Å². The van der Waals surface area contributed by atoms with Crippen molar-refractivity contribution in [2.45, 2.75) is 13.1 Å². The maximum absolute atomic E-state index is 14.4. The number of hydrogen-bond acceptors (Lipinski definition) is 0. The first-order valence-electron chi connectivity index (χ1n) is 7.83. The van der Waals surface area contributed by atoms with Crippen molar-refractivity contribution in [2.24, 2.45) is 0 Å². The summed E-state index contributed by atoms with van der Waals surface area (Å²) < 4.78 is 65.0. The van der Waals surface area contributed by atoms with Gasteiger partial charge in [0.15, 0.2) is 0 Å². The van der Waals surface area contributed by atoms with Crippen molar-refractivity contribution in [3.63, 3.8) is 0 Å². The van der Waals surface area contributed by atoms with Crippen molar-refractivity contribution in [1.29, 1.82) is 0 Å². The molecule has 134 valence electrons. The lowest BCUT2D eigenvalue weighted by Gasteiger charge is -2.04. The monoisotopic (exact) mass is 370 g/mol. The molecule has 0 aliphatic carbocycles. The molecule has 0 saturated carbocycles. The molecule has 0 fully saturated rings. The quantitative estimate of drug-likeness (QED) is 0.350. The molecule has 0 aliphatic rings. The molecule has 0 amide bonds. The average Bonchev–Trinajstić information content (AvgIpc) is 2.60. The van der Waals surface area contributed by atoms with Gasteiger partial charge in [-0.15, -0.1) is 0 Å². The molecule has 0 nitrogen and oxygen atoms in total. The standard InChI is InChI=1S/C22H11F5/c1-14-2-4-15(5-3-14)6-7-16-8-9-18-17(12-16)13-20(23)19(21(18)24)10-11-22(25,26)27/h2-5,8-9,12-13H,1H3. The summed E-state index contributed by atoms with van der Waals surface area (Å²) in [4.78, 5) is 0. The molecule has 0 heterocycles. The lowest BCUT2D eigenvalue weighted by molar-refractivity contribution is -0.0696. The molecule has 0 aromatic heterocycles. The third kappa shape index (κ3) is 4.46.